The number of esters is 1. The molecule has 8 nitrogen and oxygen atoms in total. The molecule has 3 atom stereocenters. The van der Waals surface area contributed by atoms with E-state index in [1.54, 1.807) is 55.5 Å². The SMILES string of the molecule is CCOC(=O)CC(C[C@H](NS(=O)(=O)c1ccc(C)cc1)c1ccccc1OC)(N[S@@](=O)C(C)(C)C)c1ccccc1. The molecule has 3 aromatic rings. The molecule has 0 radical (unpaired) electrons. The van der Waals surface area contributed by atoms with Gasteiger partial charge < -0.3 is 9.47 Å². The van der Waals surface area contributed by atoms with Crippen LogP contribution in [-0.2, 0) is 36.1 Å². The van der Waals surface area contributed by atoms with Crippen LogP contribution in [-0.4, -0.2) is 37.1 Å². The summed E-state index contributed by atoms with van der Waals surface area (Å²) < 4.78 is 57.5. The molecule has 0 amide bonds. The Balaban J connectivity index is 2.24. The highest BCUT2D eigenvalue weighted by molar-refractivity contribution is 7.89. The van der Waals surface area contributed by atoms with Gasteiger partial charge in [0.2, 0.25) is 10.0 Å². The number of nitrogens with one attached hydrogen (secondary N) is 2. The summed E-state index contributed by atoms with van der Waals surface area (Å²) in [4.78, 5) is 13.2. The first-order valence-corrected chi connectivity index (χ1v) is 16.1. The number of carbonyl (C=O) groups is 1. The number of benzene rings is 3. The molecular formula is C31H40N2O6S2. The van der Waals surface area contributed by atoms with Gasteiger partial charge in [0.15, 0.2) is 0 Å². The Bertz CT molecular complexity index is 1440. The molecule has 0 aliphatic heterocycles. The van der Waals surface area contributed by atoms with Crippen LogP contribution in [0.3, 0.4) is 0 Å². The molecule has 0 aliphatic rings. The van der Waals surface area contributed by atoms with Gasteiger partial charge in [0.25, 0.3) is 0 Å². The van der Waals surface area contributed by atoms with E-state index in [4.69, 9.17) is 9.47 Å². The minimum atomic E-state index is -4.02. The van der Waals surface area contributed by atoms with E-state index in [0.29, 0.717) is 16.9 Å². The Labute approximate surface area is 246 Å². The number of ether oxygens (including phenoxy) is 2. The van der Waals surface area contributed by atoms with Crippen LogP contribution < -0.4 is 14.2 Å². The molecule has 10 heteroatoms. The highest BCUT2D eigenvalue weighted by atomic mass is 32.2. The van der Waals surface area contributed by atoms with Crippen molar-refractivity contribution in [3.63, 3.8) is 0 Å². The van der Waals surface area contributed by atoms with Gasteiger partial charge in [0.1, 0.15) is 5.75 Å². The second-order valence-electron chi connectivity index (χ2n) is 10.8. The summed E-state index contributed by atoms with van der Waals surface area (Å²) in [6.07, 6.45) is -0.173. The molecule has 41 heavy (non-hydrogen) atoms. The van der Waals surface area contributed by atoms with Gasteiger partial charge >= 0.3 is 5.97 Å². The summed E-state index contributed by atoms with van der Waals surface area (Å²) in [5.74, 6) is -0.0333. The molecule has 0 aliphatic carbocycles. The summed E-state index contributed by atoms with van der Waals surface area (Å²) in [7, 11) is -4.15. The molecule has 3 rings (SSSR count). The third-order valence-corrected chi connectivity index (χ3v) is 9.79. The largest absolute Gasteiger partial charge is 0.496 e. The highest BCUT2D eigenvalue weighted by Gasteiger charge is 2.42. The zero-order valence-corrected chi connectivity index (χ0v) is 26.1. The van der Waals surface area contributed by atoms with Gasteiger partial charge in [-0.3, -0.25) is 4.79 Å². The molecule has 0 spiro atoms. The third kappa shape index (κ3) is 8.48. The lowest BCUT2D eigenvalue weighted by atomic mass is 9.80. The summed E-state index contributed by atoms with van der Waals surface area (Å²) in [5, 5.41) is 0. The second-order valence-corrected chi connectivity index (χ2v) is 14.5. The molecule has 1 unspecified atom stereocenters. The maximum atomic E-state index is 13.7. The maximum absolute atomic E-state index is 13.7. The normalized spacial score (nSPS) is 15.0. The van der Waals surface area contributed by atoms with Crippen molar-refractivity contribution < 1.29 is 26.9 Å². The predicted octanol–water partition coefficient (Wildman–Crippen LogP) is 5.31. The van der Waals surface area contributed by atoms with Crippen LogP contribution in [0.15, 0.2) is 83.8 Å². The Morgan fingerprint density at radius 2 is 1.56 bits per heavy atom. The summed E-state index contributed by atoms with van der Waals surface area (Å²) in [6, 6.07) is 21.9. The Hall–Kier alpha value is -3.05. The van der Waals surface area contributed by atoms with E-state index >= 15 is 0 Å². The molecule has 0 saturated carbocycles. The lowest BCUT2D eigenvalue weighted by Crippen LogP contribution is -2.51. The fourth-order valence-electron chi connectivity index (χ4n) is 4.47. The Morgan fingerprint density at radius 1 is 0.951 bits per heavy atom. The summed E-state index contributed by atoms with van der Waals surface area (Å²) in [6.45, 7) is 9.25. The molecule has 0 heterocycles. The van der Waals surface area contributed by atoms with Crippen molar-refractivity contribution in [3.05, 3.63) is 95.6 Å². The highest BCUT2D eigenvalue weighted by Crippen LogP contribution is 2.40. The summed E-state index contributed by atoms with van der Waals surface area (Å²) in [5.41, 5.74) is 0.877. The molecule has 0 saturated heterocycles. The molecule has 0 bridgehead atoms. The molecule has 222 valence electrons. The van der Waals surface area contributed by atoms with Gasteiger partial charge in [-0.2, -0.15) is 0 Å². The maximum Gasteiger partial charge on any atom is 0.308 e. The van der Waals surface area contributed by atoms with Crippen LogP contribution in [0.25, 0.3) is 0 Å². The topological polar surface area (TPSA) is 111 Å². The van der Waals surface area contributed by atoms with E-state index in [2.05, 4.69) is 9.44 Å². The van der Waals surface area contributed by atoms with Gasteiger partial charge in [-0.05, 0) is 64.8 Å². The molecule has 0 aromatic heterocycles. The van der Waals surface area contributed by atoms with Crippen LogP contribution >= 0.6 is 0 Å². The van der Waals surface area contributed by atoms with E-state index in [1.807, 2.05) is 58.0 Å². The number of rotatable bonds is 13. The zero-order valence-electron chi connectivity index (χ0n) is 24.5. The molecule has 0 fully saturated rings. The van der Waals surface area contributed by atoms with E-state index in [-0.39, 0.29) is 24.3 Å². The minimum absolute atomic E-state index is 0.0170. The average Bonchev–Trinajstić information content (AvgIpc) is 2.92. The quantitative estimate of drug-likeness (QED) is 0.257. The smallest absolute Gasteiger partial charge is 0.308 e. The van der Waals surface area contributed by atoms with E-state index < -0.39 is 43.3 Å². The van der Waals surface area contributed by atoms with Crippen molar-refractivity contribution in [1.82, 2.24) is 9.44 Å². The first-order chi connectivity index (χ1) is 19.3. The summed E-state index contributed by atoms with van der Waals surface area (Å²) >= 11 is 0. The van der Waals surface area contributed by atoms with Gasteiger partial charge in [-0.25, -0.2) is 22.1 Å². The number of methoxy groups -OCH3 is 1. The number of carbonyl (C=O) groups excluding carboxylic acids is 1. The third-order valence-electron chi connectivity index (χ3n) is 6.62. The standard InChI is InChI=1S/C31H40N2O6S2/c1-7-39-29(34)22-31(24-13-9-8-10-14-24,33-40(35)30(3,4)5)21-27(26-15-11-12-16-28(26)38-6)32-41(36,37)25-19-17-23(2)18-20-25/h8-20,27,32-33H,7,21-22H2,1-6H3/t27-,31?,40-/m0/s1. The van der Waals surface area contributed by atoms with E-state index in [9.17, 15) is 17.4 Å². The van der Waals surface area contributed by atoms with Crippen molar-refractivity contribution in [1.29, 1.82) is 0 Å². The van der Waals surface area contributed by atoms with Crippen molar-refractivity contribution in [2.75, 3.05) is 13.7 Å². The van der Waals surface area contributed by atoms with Crippen molar-refractivity contribution in [2.24, 2.45) is 0 Å². The predicted molar refractivity (Wildman–Crippen MR) is 162 cm³/mol. The molecule has 2 N–H and O–H groups in total. The zero-order chi connectivity index (χ0) is 30.3. The van der Waals surface area contributed by atoms with Gasteiger partial charge in [-0.1, -0.05) is 66.2 Å². The van der Waals surface area contributed by atoms with Crippen LogP contribution in [0.1, 0.15) is 63.3 Å². The lowest BCUT2D eigenvalue weighted by Gasteiger charge is -2.39. The number of para-hydroxylation sites is 1. The van der Waals surface area contributed by atoms with Crippen molar-refractivity contribution in [2.45, 2.75) is 68.7 Å². The van der Waals surface area contributed by atoms with E-state index in [0.717, 1.165) is 5.56 Å². The Morgan fingerprint density at radius 3 is 2.15 bits per heavy atom. The van der Waals surface area contributed by atoms with Gasteiger partial charge in [0, 0.05) is 5.56 Å². The number of sulfonamides is 1. The molecular weight excluding hydrogens is 560 g/mol. The second kappa shape index (κ2) is 13.7. The number of hydrogen-bond donors (Lipinski definition) is 2. The van der Waals surface area contributed by atoms with Crippen LogP contribution in [0, 0.1) is 6.92 Å². The first-order valence-electron chi connectivity index (χ1n) is 13.4. The first kappa shape index (κ1) is 32.5. The van der Waals surface area contributed by atoms with Crippen LogP contribution in [0.2, 0.25) is 0 Å². The van der Waals surface area contributed by atoms with E-state index in [1.165, 1.54) is 7.11 Å². The van der Waals surface area contributed by atoms with Crippen LogP contribution in [0.4, 0.5) is 0 Å². The van der Waals surface area contributed by atoms with Gasteiger partial charge in [-0.15, -0.1) is 0 Å². The average molecular weight is 601 g/mol. The van der Waals surface area contributed by atoms with Crippen molar-refractivity contribution in [3.8, 4) is 5.75 Å². The number of hydrogen-bond acceptors (Lipinski definition) is 6. The lowest BCUT2D eigenvalue weighted by molar-refractivity contribution is -0.145. The Kier molecular flexibility index (Phi) is 10.9. The molecule has 3 aromatic carbocycles. The van der Waals surface area contributed by atoms with Crippen LogP contribution in [0.5, 0.6) is 5.75 Å². The fourth-order valence-corrected chi connectivity index (χ4v) is 6.62. The fraction of sp³-hybridized carbons (Fsp3) is 0.387. The number of aryl methyl sites for hydroxylation is 1. The monoisotopic (exact) mass is 600 g/mol. The van der Waals surface area contributed by atoms with Gasteiger partial charge in [0.05, 0.1) is 52.3 Å². The minimum Gasteiger partial charge on any atom is -0.496 e. The van der Waals surface area contributed by atoms with Crippen molar-refractivity contribution >= 4 is 27.0 Å².